The number of nitrogens with zero attached hydrogens (tertiary/aromatic N) is 1. The summed E-state index contributed by atoms with van der Waals surface area (Å²) < 4.78 is 5.35. The minimum absolute atomic E-state index is 0.133. The van der Waals surface area contributed by atoms with Crippen molar-refractivity contribution >= 4 is 29.1 Å². The van der Waals surface area contributed by atoms with Gasteiger partial charge >= 0.3 is 0 Å². The molecule has 0 unspecified atom stereocenters. The normalized spacial score (nSPS) is 26.4. The number of likely N-dealkylation sites (tertiary alicyclic amines) is 1. The third-order valence-corrected chi connectivity index (χ3v) is 5.61. The van der Waals surface area contributed by atoms with Gasteiger partial charge in [0.1, 0.15) is 0 Å². The van der Waals surface area contributed by atoms with Gasteiger partial charge in [-0.2, -0.15) is 0 Å². The summed E-state index contributed by atoms with van der Waals surface area (Å²) in [6, 6.07) is 5.81. The van der Waals surface area contributed by atoms with E-state index < -0.39 is 0 Å². The van der Waals surface area contributed by atoms with E-state index in [9.17, 15) is 4.79 Å². The topological polar surface area (TPSA) is 29.5 Å². The Hall–Kier alpha value is -0.770. The quantitative estimate of drug-likeness (QED) is 0.814. The van der Waals surface area contributed by atoms with Crippen LogP contribution in [0.5, 0.6) is 0 Å². The SMILES string of the molecule is C[C@H]1CN(C(=O)C2CCOCC2)C[C@@H]1c1ccc(Cl)c(Cl)c1. The molecule has 0 N–H and O–H groups in total. The van der Waals surface area contributed by atoms with Gasteiger partial charge in [0.25, 0.3) is 0 Å². The number of halogens is 2. The molecule has 2 atom stereocenters. The molecule has 2 fully saturated rings. The van der Waals surface area contributed by atoms with Crippen molar-refractivity contribution < 1.29 is 9.53 Å². The van der Waals surface area contributed by atoms with E-state index >= 15 is 0 Å². The van der Waals surface area contributed by atoms with E-state index in [4.69, 9.17) is 27.9 Å². The summed E-state index contributed by atoms with van der Waals surface area (Å²) in [5, 5.41) is 1.16. The van der Waals surface area contributed by atoms with Crippen molar-refractivity contribution in [1.29, 1.82) is 0 Å². The minimum atomic E-state index is 0.133. The standard InChI is InChI=1S/C17H21Cl2NO2/c1-11-9-20(17(21)12-4-6-22-7-5-12)10-14(11)13-2-3-15(18)16(19)8-13/h2-3,8,11-12,14H,4-7,9-10H2,1H3/t11-,14-/m0/s1. The van der Waals surface area contributed by atoms with Crippen molar-refractivity contribution in [1.82, 2.24) is 4.90 Å². The average molecular weight is 342 g/mol. The number of benzene rings is 1. The van der Waals surface area contributed by atoms with Crippen LogP contribution in [-0.4, -0.2) is 37.1 Å². The molecule has 2 heterocycles. The largest absolute Gasteiger partial charge is 0.381 e. The predicted octanol–water partition coefficient (Wildman–Crippen LogP) is 3.98. The predicted molar refractivity (Wildman–Crippen MR) is 88.5 cm³/mol. The Bertz CT molecular complexity index is 558. The van der Waals surface area contributed by atoms with Crippen molar-refractivity contribution in [2.24, 2.45) is 11.8 Å². The maximum atomic E-state index is 12.7. The van der Waals surface area contributed by atoms with E-state index in [0.717, 1.165) is 25.9 Å². The van der Waals surface area contributed by atoms with Crippen LogP contribution in [0.2, 0.25) is 10.0 Å². The van der Waals surface area contributed by atoms with Crippen LogP contribution >= 0.6 is 23.2 Å². The van der Waals surface area contributed by atoms with Gasteiger partial charge in [-0.25, -0.2) is 0 Å². The molecule has 2 aliphatic heterocycles. The van der Waals surface area contributed by atoms with Gasteiger partial charge in [-0.1, -0.05) is 36.2 Å². The first kappa shape index (κ1) is 16.1. The molecule has 120 valence electrons. The second-order valence-corrected chi connectivity index (χ2v) is 7.20. The Morgan fingerprint density at radius 2 is 1.91 bits per heavy atom. The van der Waals surface area contributed by atoms with Crippen LogP contribution in [0.4, 0.5) is 0 Å². The van der Waals surface area contributed by atoms with Crippen LogP contribution in [0.15, 0.2) is 18.2 Å². The van der Waals surface area contributed by atoms with Gasteiger partial charge in [0.2, 0.25) is 5.91 Å². The number of ether oxygens (including phenoxy) is 1. The zero-order valence-electron chi connectivity index (χ0n) is 12.7. The molecule has 1 aromatic rings. The Morgan fingerprint density at radius 3 is 2.59 bits per heavy atom. The third-order valence-electron chi connectivity index (χ3n) is 4.87. The first-order valence-electron chi connectivity index (χ1n) is 7.87. The van der Waals surface area contributed by atoms with E-state index in [1.807, 2.05) is 23.1 Å². The summed E-state index contributed by atoms with van der Waals surface area (Å²) in [6.07, 6.45) is 1.70. The lowest BCUT2D eigenvalue weighted by molar-refractivity contribution is -0.137. The van der Waals surface area contributed by atoms with Crippen LogP contribution in [0.25, 0.3) is 0 Å². The van der Waals surface area contributed by atoms with Crippen molar-refractivity contribution in [3.05, 3.63) is 33.8 Å². The maximum Gasteiger partial charge on any atom is 0.225 e. The van der Waals surface area contributed by atoms with Crippen LogP contribution in [-0.2, 0) is 9.53 Å². The lowest BCUT2D eigenvalue weighted by Gasteiger charge is -2.26. The molecule has 5 heteroatoms. The maximum absolute atomic E-state index is 12.7. The molecule has 0 spiro atoms. The van der Waals surface area contributed by atoms with Gasteiger partial charge in [0.15, 0.2) is 0 Å². The summed E-state index contributed by atoms with van der Waals surface area (Å²) in [6.45, 7) is 5.20. The smallest absolute Gasteiger partial charge is 0.225 e. The Morgan fingerprint density at radius 1 is 1.18 bits per heavy atom. The highest BCUT2D eigenvalue weighted by atomic mass is 35.5. The Kier molecular flexibility index (Phi) is 4.96. The molecule has 1 aromatic carbocycles. The number of carbonyl (C=O) groups excluding carboxylic acids is 1. The fraction of sp³-hybridized carbons (Fsp3) is 0.588. The highest BCUT2D eigenvalue weighted by molar-refractivity contribution is 6.42. The zero-order chi connectivity index (χ0) is 15.7. The average Bonchev–Trinajstić information content (AvgIpc) is 2.92. The Balaban J connectivity index is 1.70. The first-order chi connectivity index (χ1) is 10.6. The minimum Gasteiger partial charge on any atom is -0.381 e. The van der Waals surface area contributed by atoms with Crippen molar-refractivity contribution in [2.75, 3.05) is 26.3 Å². The molecule has 1 amide bonds. The number of hydrogen-bond donors (Lipinski definition) is 0. The fourth-order valence-electron chi connectivity index (χ4n) is 3.53. The number of rotatable bonds is 2. The third kappa shape index (κ3) is 3.27. The van der Waals surface area contributed by atoms with E-state index in [0.29, 0.717) is 35.1 Å². The van der Waals surface area contributed by atoms with Gasteiger partial charge < -0.3 is 9.64 Å². The molecule has 0 bridgehead atoms. The fourth-order valence-corrected chi connectivity index (χ4v) is 3.83. The molecule has 2 aliphatic rings. The monoisotopic (exact) mass is 341 g/mol. The molecular weight excluding hydrogens is 321 g/mol. The van der Waals surface area contributed by atoms with Crippen LogP contribution < -0.4 is 0 Å². The van der Waals surface area contributed by atoms with Crippen LogP contribution in [0, 0.1) is 11.8 Å². The summed E-state index contributed by atoms with van der Waals surface area (Å²) in [4.78, 5) is 14.7. The highest BCUT2D eigenvalue weighted by Crippen LogP contribution is 2.36. The van der Waals surface area contributed by atoms with Gasteiger partial charge in [0.05, 0.1) is 10.0 Å². The van der Waals surface area contributed by atoms with E-state index in [1.54, 1.807) is 0 Å². The summed E-state index contributed by atoms with van der Waals surface area (Å²) in [5.41, 5.74) is 1.17. The zero-order valence-corrected chi connectivity index (χ0v) is 14.2. The summed E-state index contributed by atoms with van der Waals surface area (Å²) in [5.74, 6) is 1.19. The molecule has 0 saturated carbocycles. The number of carbonyl (C=O) groups is 1. The highest BCUT2D eigenvalue weighted by Gasteiger charge is 2.36. The van der Waals surface area contributed by atoms with Gasteiger partial charge in [-0.15, -0.1) is 0 Å². The summed E-state index contributed by atoms with van der Waals surface area (Å²) >= 11 is 12.1. The second kappa shape index (κ2) is 6.77. The van der Waals surface area contributed by atoms with E-state index in [1.165, 1.54) is 5.56 Å². The number of hydrogen-bond acceptors (Lipinski definition) is 2. The van der Waals surface area contributed by atoms with Gasteiger partial charge in [0, 0.05) is 38.1 Å². The van der Waals surface area contributed by atoms with E-state index in [-0.39, 0.29) is 11.8 Å². The van der Waals surface area contributed by atoms with Crippen molar-refractivity contribution in [2.45, 2.75) is 25.7 Å². The lowest BCUT2D eigenvalue weighted by Crippen LogP contribution is -2.37. The second-order valence-electron chi connectivity index (χ2n) is 6.39. The lowest BCUT2D eigenvalue weighted by atomic mass is 9.90. The summed E-state index contributed by atoms with van der Waals surface area (Å²) in [7, 11) is 0. The van der Waals surface area contributed by atoms with E-state index in [2.05, 4.69) is 6.92 Å². The molecular formula is C17H21Cl2NO2. The molecule has 3 rings (SSSR count). The van der Waals surface area contributed by atoms with Crippen LogP contribution in [0.3, 0.4) is 0 Å². The first-order valence-corrected chi connectivity index (χ1v) is 8.63. The molecule has 0 aliphatic carbocycles. The molecule has 0 aromatic heterocycles. The molecule has 22 heavy (non-hydrogen) atoms. The molecule has 2 saturated heterocycles. The van der Waals surface area contributed by atoms with Gasteiger partial charge in [-0.05, 0) is 36.5 Å². The van der Waals surface area contributed by atoms with Gasteiger partial charge in [-0.3, -0.25) is 4.79 Å². The molecule has 0 radical (unpaired) electrons. The van der Waals surface area contributed by atoms with Crippen molar-refractivity contribution in [3.8, 4) is 0 Å². The van der Waals surface area contributed by atoms with Crippen LogP contribution in [0.1, 0.15) is 31.2 Å². The van der Waals surface area contributed by atoms with Crippen molar-refractivity contribution in [3.63, 3.8) is 0 Å². The number of amides is 1. The Labute approximate surface area is 141 Å². The molecule has 3 nitrogen and oxygen atoms in total.